The van der Waals surface area contributed by atoms with Crippen LogP contribution in [-0.2, 0) is 4.79 Å². The molecule has 0 unspecified atom stereocenters. The molecule has 0 aliphatic carbocycles. The van der Waals surface area contributed by atoms with Crippen LogP contribution in [0.25, 0.3) is 0 Å². The summed E-state index contributed by atoms with van der Waals surface area (Å²) in [7, 11) is 0. The molecule has 8 heteroatoms. The maximum absolute atomic E-state index is 11.7. The van der Waals surface area contributed by atoms with Crippen LogP contribution >= 0.6 is 11.3 Å². The summed E-state index contributed by atoms with van der Waals surface area (Å²) in [6.07, 6.45) is 2.30. The normalized spacial score (nSPS) is 10.2. The summed E-state index contributed by atoms with van der Waals surface area (Å²) in [5.41, 5.74) is 0.636. The number of hydrogen-bond donors (Lipinski definition) is 3. The summed E-state index contributed by atoms with van der Waals surface area (Å²) >= 11 is 1.46. The van der Waals surface area contributed by atoms with Gasteiger partial charge in [-0.3, -0.25) is 14.4 Å². The van der Waals surface area contributed by atoms with Gasteiger partial charge in [-0.2, -0.15) is 11.3 Å². The average molecular weight is 349 g/mol. The molecule has 2 aromatic rings. The summed E-state index contributed by atoms with van der Waals surface area (Å²) in [6, 6.07) is 4.95. The molecule has 2 aromatic heterocycles. The molecule has 0 fully saturated rings. The molecule has 7 nitrogen and oxygen atoms in total. The van der Waals surface area contributed by atoms with Crippen molar-refractivity contribution in [3.63, 3.8) is 0 Å². The largest absolute Gasteiger partial charge is 0.459 e. The quantitative estimate of drug-likeness (QED) is 0.596. The van der Waals surface area contributed by atoms with E-state index >= 15 is 0 Å². The lowest BCUT2D eigenvalue weighted by atomic mass is 10.2. The predicted molar refractivity (Wildman–Crippen MR) is 89.9 cm³/mol. The maximum atomic E-state index is 11.7. The molecule has 0 saturated carbocycles. The van der Waals surface area contributed by atoms with E-state index in [0.29, 0.717) is 38.0 Å². The van der Waals surface area contributed by atoms with Crippen molar-refractivity contribution in [3.8, 4) is 0 Å². The van der Waals surface area contributed by atoms with Gasteiger partial charge in [-0.15, -0.1) is 0 Å². The highest BCUT2D eigenvalue weighted by atomic mass is 32.1. The summed E-state index contributed by atoms with van der Waals surface area (Å²) in [5.74, 6) is -0.322. The molecule has 3 amide bonds. The van der Waals surface area contributed by atoms with Gasteiger partial charge in [-0.1, -0.05) is 0 Å². The summed E-state index contributed by atoms with van der Waals surface area (Å²) in [6.45, 7) is 1.10. The topological polar surface area (TPSA) is 100 Å². The molecular weight excluding hydrogens is 330 g/mol. The van der Waals surface area contributed by atoms with E-state index in [4.69, 9.17) is 4.42 Å². The van der Waals surface area contributed by atoms with Crippen molar-refractivity contribution < 1.29 is 18.8 Å². The second kappa shape index (κ2) is 9.51. The van der Waals surface area contributed by atoms with Gasteiger partial charge in [0.25, 0.3) is 11.8 Å². The molecule has 0 aromatic carbocycles. The van der Waals surface area contributed by atoms with Crippen LogP contribution in [0.3, 0.4) is 0 Å². The van der Waals surface area contributed by atoms with Gasteiger partial charge in [0.05, 0.1) is 6.26 Å². The van der Waals surface area contributed by atoms with Crippen molar-refractivity contribution in [2.24, 2.45) is 0 Å². The molecule has 2 heterocycles. The van der Waals surface area contributed by atoms with Crippen molar-refractivity contribution in [2.45, 2.75) is 12.8 Å². The minimum atomic E-state index is -0.314. The number of carbonyl (C=O) groups excluding carboxylic acids is 3. The van der Waals surface area contributed by atoms with Gasteiger partial charge in [0.2, 0.25) is 5.91 Å². The SMILES string of the molecule is O=C(CCCNC(=O)c1ccsc1)NCCNC(=O)c1ccco1. The van der Waals surface area contributed by atoms with Gasteiger partial charge in [0.15, 0.2) is 5.76 Å². The highest BCUT2D eigenvalue weighted by Gasteiger charge is 2.08. The van der Waals surface area contributed by atoms with E-state index in [1.165, 1.54) is 17.6 Å². The standard InChI is InChI=1S/C16H19N3O4S/c20-14(4-1-6-18-15(21)12-5-10-24-11-12)17-7-8-19-16(22)13-3-2-9-23-13/h2-3,5,9-11H,1,4,6-8H2,(H,17,20)(H,18,21)(H,19,22). The molecule has 24 heavy (non-hydrogen) atoms. The van der Waals surface area contributed by atoms with E-state index in [1.807, 2.05) is 5.38 Å². The maximum Gasteiger partial charge on any atom is 0.287 e. The first-order valence-electron chi connectivity index (χ1n) is 7.55. The highest BCUT2D eigenvalue weighted by Crippen LogP contribution is 2.05. The van der Waals surface area contributed by atoms with Crippen molar-refractivity contribution in [1.82, 2.24) is 16.0 Å². The fraction of sp³-hybridized carbons (Fsp3) is 0.312. The van der Waals surface area contributed by atoms with Crippen LogP contribution in [0.15, 0.2) is 39.6 Å². The van der Waals surface area contributed by atoms with Crippen LogP contribution in [0.1, 0.15) is 33.8 Å². The number of nitrogens with one attached hydrogen (secondary N) is 3. The van der Waals surface area contributed by atoms with Crippen LogP contribution < -0.4 is 16.0 Å². The first kappa shape index (κ1) is 17.7. The van der Waals surface area contributed by atoms with Crippen molar-refractivity contribution in [1.29, 1.82) is 0 Å². The molecule has 0 aliphatic heterocycles. The second-order valence-corrected chi connectivity index (χ2v) is 5.73. The Morgan fingerprint density at radius 1 is 1.00 bits per heavy atom. The minimum Gasteiger partial charge on any atom is -0.459 e. The van der Waals surface area contributed by atoms with E-state index in [1.54, 1.807) is 23.6 Å². The fourth-order valence-corrected chi connectivity index (χ4v) is 2.54. The number of hydrogen-bond acceptors (Lipinski definition) is 5. The van der Waals surface area contributed by atoms with Crippen LogP contribution in [0, 0.1) is 0 Å². The summed E-state index contributed by atoms with van der Waals surface area (Å²) in [5, 5.41) is 11.7. The third-order valence-electron chi connectivity index (χ3n) is 3.13. The number of amides is 3. The smallest absolute Gasteiger partial charge is 0.287 e. The molecular formula is C16H19N3O4S. The molecule has 0 atom stereocenters. The summed E-state index contributed by atoms with van der Waals surface area (Å²) < 4.78 is 4.95. The molecule has 0 saturated heterocycles. The Hall–Kier alpha value is -2.61. The lowest BCUT2D eigenvalue weighted by Gasteiger charge is -2.07. The van der Waals surface area contributed by atoms with Gasteiger partial charge in [-0.05, 0) is 30.0 Å². The third kappa shape index (κ3) is 5.88. The van der Waals surface area contributed by atoms with Gasteiger partial charge in [0, 0.05) is 37.0 Å². The Morgan fingerprint density at radius 3 is 2.50 bits per heavy atom. The first-order chi connectivity index (χ1) is 11.7. The van der Waals surface area contributed by atoms with Gasteiger partial charge < -0.3 is 20.4 Å². The van der Waals surface area contributed by atoms with Gasteiger partial charge in [-0.25, -0.2) is 0 Å². The molecule has 0 radical (unpaired) electrons. The molecule has 0 bridgehead atoms. The number of thiophene rings is 1. The highest BCUT2D eigenvalue weighted by molar-refractivity contribution is 7.08. The lowest BCUT2D eigenvalue weighted by Crippen LogP contribution is -2.34. The Labute approximate surface area is 143 Å². The molecule has 0 spiro atoms. The van der Waals surface area contributed by atoms with E-state index in [0.717, 1.165) is 0 Å². The van der Waals surface area contributed by atoms with E-state index in [9.17, 15) is 14.4 Å². The Morgan fingerprint density at radius 2 is 1.79 bits per heavy atom. The van der Waals surface area contributed by atoms with Gasteiger partial charge >= 0.3 is 0 Å². The van der Waals surface area contributed by atoms with Crippen molar-refractivity contribution in [3.05, 3.63) is 46.5 Å². The van der Waals surface area contributed by atoms with E-state index < -0.39 is 0 Å². The van der Waals surface area contributed by atoms with Crippen LogP contribution in [0.5, 0.6) is 0 Å². The second-order valence-electron chi connectivity index (χ2n) is 4.95. The monoisotopic (exact) mass is 349 g/mol. The zero-order valence-electron chi connectivity index (χ0n) is 13.0. The zero-order valence-corrected chi connectivity index (χ0v) is 13.9. The Bertz CT molecular complexity index is 597. The summed E-state index contributed by atoms with van der Waals surface area (Å²) in [4.78, 5) is 34.9. The zero-order chi connectivity index (χ0) is 17.2. The van der Waals surface area contributed by atoms with Gasteiger partial charge in [0.1, 0.15) is 0 Å². The Kier molecular flexibility index (Phi) is 7.03. The van der Waals surface area contributed by atoms with Crippen molar-refractivity contribution in [2.75, 3.05) is 19.6 Å². The minimum absolute atomic E-state index is 0.118. The van der Waals surface area contributed by atoms with E-state index in [-0.39, 0.29) is 23.5 Å². The predicted octanol–water partition coefficient (Wildman–Crippen LogP) is 1.40. The van der Waals surface area contributed by atoms with Crippen LogP contribution in [0.4, 0.5) is 0 Å². The van der Waals surface area contributed by atoms with Crippen LogP contribution in [0.2, 0.25) is 0 Å². The van der Waals surface area contributed by atoms with E-state index in [2.05, 4.69) is 16.0 Å². The number of carbonyl (C=O) groups is 3. The van der Waals surface area contributed by atoms with Crippen LogP contribution in [-0.4, -0.2) is 37.4 Å². The average Bonchev–Trinajstić information content (AvgIpc) is 3.28. The molecule has 128 valence electrons. The molecule has 2 rings (SSSR count). The fourth-order valence-electron chi connectivity index (χ4n) is 1.91. The number of furan rings is 1. The lowest BCUT2D eigenvalue weighted by molar-refractivity contribution is -0.121. The number of rotatable bonds is 9. The molecule has 3 N–H and O–H groups in total. The molecule has 0 aliphatic rings. The van der Waals surface area contributed by atoms with Crippen molar-refractivity contribution >= 4 is 29.1 Å². The third-order valence-corrected chi connectivity index (χ3v) is 3.81. The first-order valence-corrected chi connectivity index (χ1v) is 8.50. The Balaban J connectivity index is 1.49.